The number of carbonyl (C=O) groups excluding carboxylic acids is 1. The van der Waals surface area contributed by atoms with Crippen LogP contribution in [0, 0.1) is 5.41 Å². The molecule has 3 heterocycles. The second kappa shape index (κ2) is 6.46. The molecule has 5 nitrogen and oxygen atoms in total. The van der Waals surface area contributed by atoms with Gasteiger partial charge in [0, 0.05) is 16.7 Å². The molecule has 0 saturated heterocycles. The number of amides is 1. The Hall–Kier alpha value is -2.28. The first kappa shape index (κ1) is 17.1. The van der Waals surface area contributed by atoms with E-state index < -0.39 is 5.91 Å². The maximum Gasteiger partial charge on any atom is 0.283 e. The average Bonchev–Trinajstić information content (AvgIpc) is 3.20. The van der Waals surface area contributed by atoms with E-state index in [0.717, 1.165) is 10.5 Å². The molecule has 0 saturated carbocycles. The fraction of sp³-hybridized carbons (Fsp3) is 0.0556. The summed E-state index contributed by atoms with van der Waals surface area (Å²) in [5.74, 6) is 0.661. The number of nitrogens with zero attached hydrogens (tertiary/aromatic N) is 2. The average molecular weight is 404 g/mol. The molecule has 1 aromatic carbocycles. The van der Waals surface area contributed by atoms with Crippen molar-refractivity contribution in [2.45, 2.75) is 6.92 Å². The number of allylic oxidation sites excluding steroid dienone is 1. The number of furan rings is 1. The first-order valence-corrected chi connectivity index (χ1v) is 9.14. The van der Waals surface area contributed by atoms with Crippen LogP contribution >= 0.6 is 35.0 Å². The molecule has 0 fully saturated rings. The lowest BCUT2D eigenvalue weighted by molar-refractivity contribution is -0.114. The first-order chi connectivity index (χ1) is 12.4. The molecule has 0 radical (unpaired) electrons. The third-order valence-electron chi connectivity index (χ3n) is 3.81. The molecule has 8 heteroatoms. The van der Waals surface area contributed by atoms with E-state index in [4.69, 9.17) is 33.0 Å². The molecule has 1 N–H and O–H groups in total. The standard InChI is InChI=1S/C18H11Cl2N3O2S/c1-9-8-23-16(21)12(17(24)22-18(23)26-9)7-11-3-5-15(25-11)10-2-4-13(19)14(20)6-10/h2-8,21H,1H3. The van der Waals surface area contributed by atoms with Crippen molar-refractivity contribution in [2.75, 3.05) is 0 Å². The number of hydrogen-bond donors (Lipinski definition) is 1. The number of aliphatic imine (C=N–C) groups is 1. The van der Waals surface area contributed by atoms with E-state index in [1.54, 1.807) is 41.4 Å². The number of thioether (sulfide) groups is 1. The Morgan fingerprint density at radius 2 is 2.04 bits per heavy atom. The number of halogens is 2. The smallest absolute Gasteiger partial charge is 0.283 e. The summed E-state index contributed by atoms with van der Waals surface area (Å²) in [5, 5.41) is 9.69. The highest BCUT2D eigenvalue weighted by molar-refractivity contribution is 8.17. The van der Waals surface area contributed by atoms with Crippen LogP contribution in [0.25, 0.3) is 17.4 Å². The van der Waals surface area contributed by atoms with Gasteiger partial charge in [-0.2, -0.15) is 4.99 Å². The van der Waals surface area contributed by atoms with Crippen molar-refractivity contribution in [1.29, 1.82) is 5.41 Å². The van der Waals surface area contributed by atoms with Crippen LogP contribution in [0.4, 0.5) is 0 Å². The van der Waals surface area contributed by atoms with Gasteiger partial charge in [-0.1, -0.05) is 35.0 Å². The number of nitrogens with one attached hydrogen (secondary N) is 1. The SMILES string of the molecule is CC1=CN2C(=N)C(=Cc3ccc(-c4ccc(Cl)c(Cl)c4)o3)C(=O)N=C2S1. The molecule has 2 aliphatic heterocycles. The number of fused-ring (bicyclic) bond motifs is 1. The second-order valence-electron chi connectivity index (χ2n) is 5.65. The van der Waals surface area contributed by atoms with Crippen molar-refractivity contribution in [1.82, 2.24) is 4.90 Å². The zero-order valence-corrected chi connectivity index (χ0v) is 15.7. The fourth-order valence-electron chi connectivity index (χ4n) is 2.58. The second-order valence-corrected chi connectivity index (χ2v) is 7.68. The van der Waals surface area contributed by atoms with Crippen LogP contribution in [0.1, 0.15) is 12.7 Å². The number of hydrogen-bond acceptors (Lipinski definition) is 4. The molecule has 0 unspecified atom stereocenters. The van der Waals surface area contributed by atoms with Crippen molar-refractivity contribution in [3.8, 4) is 11.3 Å². The lowest BCUT2D eigenvalue weighted by Crippen LogP contribution is -2.35. The van der Waals surface area contributed by atoms with E-state index in [1.165, 1.54) is 17.8 Å². The summed E-state index contributed by atoms with van der Waals surface area (Å²) < 4.78 is 5.78. The van der Waals surface area contributed by atoms with Crippen molar-refractivity contribution < 1.29 is 9.21 Å². The molecular formula is C18H11Cl2N3O2S. The van der Waals surface area contributed by atoms with Gasteiger partial charge in [-0.3, -0.25) is 15.1 Å². The van der Waals surface area contributed by atoms with E-state index in [-0.39, 0.29) is 11.4 Å². The van der Waals surface area contributed by atoms with Gasteiger partial charge >= 0.3 is 0 Å². The lowest BCUT2D eigenvalue weighted by Gasteiger charge is -2.21. The summed E-state index contributed by atoms with van der Waals surface area (Å²) in [6, 6.07) is 8.69. The van der Waals surface area contributed by atoms with Gasteiger partial charge in [0.05, 0.1) is 15.6 Å². The summed E-state index contributed by atoms with van der Waals surface area (Å²) in [6.07, 6.45) is 3.31. The predicted molar refractivity (Wildman–Crippen MR) is 105 cm³/mol. The Morgan fingerprint density at radius 1 is 1.23 bits per heavy atom. The molecule has 26 heavy (non-hydrogen) atoms. The van der Waals surface area contributed by atoms with Gasteiger partial charge in [-0.15, -0.1) is 0 Å². The van der Waals surface area contributed by atoms with Crippen molar-refractivity contribution in [3.63, 3.8) is 0 Å². The van der Waals surface area contributed by atoms with E-state index in [2.05, 4.69) is 4.99 Å². The summed E-state index contributed by atoms with van der Waals surface area (Å²) in [4.78, 5) is 18.9. The molecule has 1 aromatic heterocycles. The molecule has 0 bridgehead atoms. The lowest BCUT2D eigenvalue weighted by atomic mass is 10.1. The van der Waals surface area contributed by atoms with Crippen LogP contribution < -0.4 is 0 Å². The van der Waals surface area contributed by atoms with Crippen LogP contribution in [0.3, 0.4) is 0 Å². The molecular weight excluding hydrogens is 393 g/mol. The van der Waals surface area contributed by atoms with Crippen LogP contribution in [-0.4, -0.2) is 21.8 Å². The van der Waals surface area contributed by atoms with Crippen molar-refractivity contribution >= 4 is 58.0 Å². The van der Waals surface area contributed by atoms with Gasteiger partial charge in [0.1, 0.15) is 17.4 Å². The van der Waals surface area contributed by atoms with Gasteiger partial charge < -0.3 is 4.42 Å². The van der Waals surface area contributed by atoms with Crippen LogP contribution in [0.15, 0.2) is 56.4 Å². The zero-order valence-electron chi connectivity index (χ0n) is 13.4. The number of benzene rings is 1. The van der Waals surface area contributed by atoms with Gasteiger partial charge in [0.15, 0.2) is 5.17 Å². The Kier molecular flexibility index (Phi) is 4.26. The first-order valence-electron chi connectivity index (χ1n) is 7.57. The highest BCUT2D eigenvalue weighted by atomic mass is 35.5. The Labute approximate surface area is 163 Å². The van der Waals surface area contributed by atoms with Crippen LogP contribution in [-0.2, 0) is 4.79 Å². The topological polar surface area (TPSA) is 69.7 Å². The van der Waals surface area contributed by atoms with Gasteiger partial charge in [0.2, 0.25) is 0 Å². The molecule has 0 aliphatic carbocycles. The summed E-state index contributed by atoms with van der Waals surface area (Å²) >= 11 is 13.3. The molecule has 1 amide bonds. The van der Waals surface area contributed by atoms with E-state index in [9.17, 15) is 4.79 Å². The highest BCUT2D eigenvalue weighted by Crippen LogP contribution is 2.33. The number of amidine groups is 2. The summed E-state index contributed by atoms with van der Waals surface area (Å²) in [6.45, 7) is 1.91. The zero-order chi connectivity index (χ0) is 18.4. The fourth-order valence-corrected chi connectivity index (χ4v) is 3.69. The Balaban J connectivity index is 1.67. The third-order valence-corrected chi connectivity index (χ3v) is 5.45. The minimum atomic E-state index is -0.454. The molecule has 2 aliphatic rings. The van der Waals surface area contributed by atoms with E-state index >= 15 is 0 Å². The quantitative estimate of drug-likeness (QED) is 0.679. The molecule has 130 valence electrons. The molecule has 4 rings (SSSR count). The largest absolute Gasteiger partial charge is 0.457 e. The minimum absolute atomic E-state index is 0.0804. The van der Waals surface area contributed by atoms with E-state index in [0.29, 0.717) is 26.7 Å². The summed E-state index contributed by atoms with van der Waals surface area (Å²) in [5.41, 5.74) is 0.944. The minimum Gasteiger partial charge on any atom is -0.457 e. The summed E-state index contributed by atoms with van der Waals surface area (Å²) in [7, 11) is 0. The predicted octanol–water partition coefficient (Wildman–Crippen LogP) is 5.42. The third kappa shape index (κ3) is 3.00. The van der Waals surface area contributed by atoms with E-state index in [1.807, 2.05) is 6.92 Å². The Bertz CT molecular complexity index is 1050. The maximum absolute atomic E-state index is 12.3. The van der Waals surface area contributed by atoms with Gasteiger partial charge in [-0.25, -0.2) is 0 Å². The van der Waals surface area contributed by atoms with Gasteiger partial charge in [-0.05, 0) is 43.3 Å². The van der Waals surface area contributed by atoms with Crippen LogP contribution in [0.2, 0.25) is 10.0 Å². The molecule has 0 spiro atoms. The number of rotatable bonds is 2. The monoisotopic (exact) mass is 403 g/mol. The molecule has 0 atom stereocenters. The van der Waals surface area contributed by atoms with Crippen LogP contribution in [0.5, 0.6) is 0 Å². The van der Waals surface area contributed by atoms with Crippen molar-refractivity contribution in [2.24, 2.45) is 4.99 Å². The molecule has 2 aromatic rings. The Morgan fingerprint density at radius 3 is 2.81 bits per heavy atom. The normalized spacial score (nSPS) is 18.3. The van der Waals surface area contributed by atoms with Gasteiger partial charge in [0.25, 0.3) is 5.91 Å². The highest BCUT2D eigenvalue weighted by Gasteiger charge is 2.33. The van der Waals surface area contributed by atoms with Crippen molar-refractivity contribution in [3.05, 3.63) is 62.8 Å². The maximum atomic E-state index is 12.3. The number of carbonyl (C=O) groups is 1.